The van der Waals surface area contributed by atoms with Crippen LogP contribution in [0.2, 0.25) is 0 Å². The third kappa shape index (κ3) is 5.81. The molecule has 1 saturated carbocycles. The fourth-order valence-corrected chi connectivity index (χ4v) is 5.39. The van der Waals surface area contributed by atoms with Gasteiger partial charge >= 0.3 is 11.9 Å². The number of hydrogen-bond acceptors (Lipinski definition) is 6. The monoisotopic (exact) mass is 448 g/mol. The molecule has 32 heavy (non-hydrogen) atoms. The lowest BCUT2D eigenvalue weighted by molar-refractivity contribution is -0.162. The van der Waals surface area contributed by atoms with Crippen molar-refractivity contribution in [3.05, 3.63) is 29.3 Å². The molecule has 0 radical (unpaired) electrons. The molecule has 1 aromatic rings. The van der Waals surface area contributed by atoms with E-state index in [2.05, 4.69) is 13.0 Å². The average Bonchev–Trinajstić information content (AvgIpc) is 3.09. The smallest absolute Gasteiger partial charge is 0.341 e. The van der Waals surface area contributed by atoms with Crippen molar-refractivity contribution in [2.24, 2.45) is 17.8 Å². The van der Waals surface area contributed by atoms with Gasteiger partial charge in [0, 0.05) is 7.11 Å². The quantitative estimate of drug-likeness (QED) is 0.500. The van der Waals surface area contributed by atoms with Gasteiger partial charge in [-0.15, -0.1) is 0 Å². The maximum atomic E-state index is 12.5. The summed E-state index contributed by atoms with van der Waals surface area (Å²) < 4.78 is 16.6. The van der Waals surface area contributed by atoms with Crippen LogP contribution in [-0.2, 0) is 31.9 Å². The van der Waals surface area contributed by atoms with Crippen molar-refractivity contribution >= 4 is 11.9 Å². The van der Waals surface area contributed by atoms with Gasteiger partial charge in [-0.3, -0.25) is 0 Å². The minimum atomic E-state index is -0.998. The Morgan fingerprint density at radius 3 is 2.69 bits per heavy atom. The first kappa shape index (κ1) is 24.5. The summed E-state index contributed by atoms with van der Waals surface area (Å²) in [7, 11) is 1.49. The molecule has 2 aliphatic rings. The van der Waals surface area contributed by atoms with E-state index in [1.807, 2.05) is 12.1 Å². The first-order valence-corrected chi connectivity index (χ1v) is 11.7. The van der Waals surface area contributed by atoms with Crippen LogP contribution in [0, 0.1) is 17.8 Å². The zero-order chi connectivity index (χ0) is 23.3. The van der Waals surface area contributed by atoms with Crippen LogP contribution in [0.15, 0.2) is 18.2 Å². The van der Waals surface area contributed by atoms with Gasteiger partial charge in [-0.2, -0.15) is 0 Å². The van der Waals surface area contributed by atoms with E-state index in [1.165, 1.54) is 12.7 Å². The Hall–Kier alpha value is -2.12. The van der Waals surface area contributed by atoms with Crippen LogP contribution in [0.1, 0.15) is 57.1 Å². The molecule has 0 aromatic heterocycles. The van der Waals surface area contributed by atoms with Gasteiger partial charge in [0.15, 0.2) is 12.7 Å². The van der Waals surface area contributed by atoms with Gasteiger partial charge in [0.1, 0.15) is 11.9 Å². The van der Waals surface area contributed by atoms with Crippen molar-refractivity contribution < 1.29 is 34.0 Å². The minimum absolute atomic E-state index is 0.177. The van der Waals surface area contributed by atoms with Crippen molar-refractivity contribution in [3.63, 3.8) is 0 Å². The highest BCUT2D eigenvalue weighted by atomic mass is 16.6. The summed E-state index contributed by atoms with van der Waals surface area (Å²) in [5, 5.41) is 19.3. The van der Waals surface area contributed by atoms with E-state index in [0.29, 0.717) is 24.0 Å². The number of carbonyl (C=O) groups excluding carboxylic acids is 1. The van der Waals surface area contributed by atoms with Gasteiger partial charge < -0.3 is 24.4 Å². The standard InChI is InChI=1S/C25H36O7/c1-4-6-18(26)9-10-19-20-11-16-7-5-8-22(31-14-24(27)28)21(16)12-17(20)13-23(19)32-25(29)15(2)30-3/h5,7-8,15,17-20,23,26H,4,6,9-14H2,1-3H3,(H,27,28)/t15-,17-,18-,19+,20-,23+/m0/s1. The lowest BCUT2D eigenvalue weighted by atomic mass is 9.73. The summed E-state index contributed by atoms with van der Waals surface area (Å²) in [5.41, 5.74) is 2.24. The largest absolute Gasteiger partial charge is 0.482 e. The second kappa shape index (κ2) is 11.1. The van der Waals surface area contributed by atoms with Crippen LogP contribution in [0.5, 0.6) is 5.75 Å². The van der Waals surface area contributed by atoms with Crippen molar-refractivity contribution in [1.82, 2.24) is 0 Å². The molecular formula is C25H36O7. The summed E-state index contributed by atoms with van der Waals surface area (Å²) in [6.07, 6.45) is 4.45. The van der Waals surface area contributed by atoms with Crippen LogP contribution >= 0.6 is 0 Å². The first-order chi connectivity index (χ1) is 15.3. The van der Waals surface area contributed by atoms with Gasteiger partial charge in [0.25, 0.3) is 0 Å². The Morgan fingerprint density at radius 2 is 2.00 bits per heavy atom. The van der Waals surface area contributed by atoms with Gasteiger partial charge in [-0.05, 0) is 80.4 Å². The Morgan fingerprint density at radius 1 is 1.22 bits per heavy atom. The Kier molecular flexibility index (Phi) is 8.54. The van der Waals surface area contributed by atoms with Gasteiger partial charge in [-0.1, -0.05) is 25.5 Å². The van der Waals surface area contributed by atoms with Gasteiger partial charge in [0.2, 0.25) is 0 Å². The molecule has 0 amide bonds. The summed E-state index contributed by atoms with van der Waals surface area (Å²) >= 11 is 0. The lowest BCUT2D eigenvalue weighted by Gasteiger charge is -2.32. The topological polar surface area (TPSA) is 102 Å². The fourth-order valence-electron chi connectivity index (χ4n) is 5.39. The average molecular weight is 449 g/mol. The SMILES string of the molecule is CCC[C@H](O)CC[C@@H]1[C@H]2Cc3cccc(OCC(=O)O)c3C[C@H]2C[C@H]1OC(=O)[C@H](C)OC. The zero-order valence-electron chi connectivity index (χ0n) is 19.3. The number of ether oxygens (including phenoxy) is 3. The normalized spacial score (nSPS) is 26.0. The Balaban J connectivity index is 1.79. The summed E-state index contributed by atoms with van der Waals surface area (Å²) in [6, 6.07) is 5.81. The third-order valence-corrected chi connectivity index (χ3v) is 7.08. The Labute approximate surface area is 190 Å². The van der Waals surface area contributed by atoms with Crippen LogP contribution in [0.3, 0.4) is 0 Å². The van der Waals surface area contributed by atoms with Crippen molar-refractivity contribution in [2.75, 3.05) is 13.7 Å². The van der Waals surface area contributed by atoms with Crippen LogP contribution in [0.4, 0.5) is 0 Å². The molecule has 0 spiro atoms. The highest BCUT2D eigenvalue weighted by molar-refractivity contribution is 5.74. The molecule has 178 valence electrons. The number of aliphatic hydroxyl groups excluding tert-OH is 1. The van der Waals surface area contributed by atoms with Crippen LogP contribution < -0.4 is 4.74 Å². The highest BCUT2D eigenvalue weighted by Gasteiger charge is 2.47. The molecule has 7 nitrogen and oxygen atoms in total. The lowest BCUT2D eigenvalue weighted by Crippen LogP contribution is -2.32. The van der Waals surface area contributed by atoms with E-state index < -0.39 is 12.1 Å². The molecule has 3 rings (SSSR count). The molecule has 0 unspecified atom stereocenters. The molecule has 0 bridgehead atoms. The first-order valence-electron chi connectivity index (χ1n) is 11.7. The zero-order valence-corrected chi connectivity index (χ0v) is 19.3. The molecule has 6 atom stereocenters. The maximum Gasteiger partial charge on any atom is 0.341 e. The van der Waals surface area contributed by atoms with E-state index in [1.54, 1.807) is 6.92 Å². The molecule has 7 heteroatoms. The van der Waals surface area contributed by atoms with E-state index in [-0.39, 0.29) is 30.7 Å². The van der Waals surface area contributed by atoms with Crippen LogP contribution in [0.25, 0.3) is 0 Å². The van der Waals surface area contributed by atoms with Crippen molar-refractivity contribution in [2.45, 2.75) is 77.1 Å². The second-order valence-corrected chi connectivity index (χ2v) is 9.18. The highest BCUT2D eigenvalue weighted by Crippen LogP contribution is 2.49. The summed E-state index contributed by atoms with van der Waals surface area (Å²) in [5.74, 6) is 0.131. The molecule has 0 aliphatic heterocycles. The third-order valence-electron chi connectivity index (χ3n) is 7.08. The number of carbonyl (C=O) groups is 2. The number of benzene rings is 1. The number of methoxy groups -OCH3 is 1. The number of aliphatic carboxylic acids is 1. The number of aliphatic hydroxyl groups is 1. The summed E-state index contributed by atoms with van der Waals surface area (Å²) in [6.45, 7) is 3.39. The van der Waals surface area contributed by atoms with Gasteiger partial charge in [-0.25, -0.2) is 9.59 Å². The number of carboxylic acid groups (broad SMARTS) is 1. The molecular weight excluding hydrogens is 412 g/mol. The molecule has 2 aliphatic carbocycles. The number of esters is 1. The Bertz CT molecular complexity index is 792. The van der Waals surface area contributed by atoms with E-state index in [0.717, 1.165) is 44.1 Å². The van der Waals surface area contributed by atoms with E-state index in [4.69, 9.17) is 19.3 Å². The second-order valence-electron chi connectivity index (χ2n) is 9.18. The molecule has 0 saturated heterocycles. The minimum Gasteiger partial charge on any atom is -0.482 e. The predicted octanol–water partition coefficient (Wildman–Crippen LogP) is 3.39. The van der Waals surface area contributed by atoms with E-state index >= 15 is 0 Å². The number of carboxylic acids is 1. The molecule has 1 fully saturated rings. The summed E-state index contributed by atoms with van der Waals surface area (Å²) in [4.78, 5) is 23.4. The van der Waals surface area contributed by atoms with Crippen molar-refractivity contribution in [1.29, 1.82) is 0 Å². The molecule has 2 N–H and O–H groups in total. The van der Waals surface area contributed by atoms with Crippen molar-refractivity contribution in [3.8, 4) is 5.75 Å². The van der Waals surface area contributed by atoms with E-state index in [9.17, 15) is 14.7 Å². The molecule has 0 heterocycles. The molecule has 1 aromatic carbocycles. The van der Waals surface area contributed by atoms with Gasteiger partial charge in [0.05, 0.1) is 6.10 Å². The van der Waals surface area contributed by atoms with Crippen LogP contribution in [-0.4, -0.2) is 54.2 Å². The number of rotatable bonds is 11. The number of hydrogen-bond donors (Lipinski definition) is 2. The fraction of sp³-hybridized carbons (Fsp3) is 0.680. The maximum absolute atomic E-state index is 12.5. The number of fused-ring (bicyclic) bond motifs is 2. The predicted molar refractivity (Wildman–Crippen MR) is 119 cm³/mol.